The third-order valence-corrected chi connectivity index (χ3v) is 5.62. The number of carbonyl (C=O) groups is 2. The number of imide groups is 1. The van der Waals surface area contributed by atoms with Crippen LogP contribution in [0, 0.1) is 11.8 Å². The second kappa shape index (κ2) is 4.75. The predicted octanol–water partition coefficient (Wildman–Crippen LogP) is 1.67. The van der Waals surface area contributed by atoms with Crippen molar-refractivity contribution in [3.63, 3.8) is 0 Å². The second-order valence-corrected chi connectivity index (χ2v) is 7.83. The van der Waals surface area contributed by atoms with Crippen molar-refractivity contribution >= 4 is 27.6 Å². The third-order valence-electron chi connectivity index (χ3n) is 4.92. The zero-order valence-corrected chi connectivity index (χ0v) is 13.0. The normalized spacial score (nSPS) is 26.4. The van der Waals surface area contributed by atoms with Gasteiger partial charge < -0.3 is 0 Å². The molecule has 1 N–H and O–H groups in total. The molecule has 1 aromatic rings. The average Bonchev–Trinajstić information content (AvgIpc) is 3.11. The first kappa shape index (κ1) is 14.6. The van der Waals surface area contributed by atoms with Gasteiger partial charge in [0.25, 0.3) is 21.9 Å². The molecule has 23 heavy (non-hydrogen) atoms. The number of carbonyl (C=O) groups excluding carboxylic acids is 2. The zero-order chi connectivity index (χ0) is 16.4. The number of nitrogens with zero attached hydrogens (tertiary/aromatic N) is 1. The quantitative estimate of drug-likeness (QED) is 0.671. The molecule has 2 amide bonds. The Labute approximate surface area is 133 Å². The van der Waals surface area contributed by atoms with Crippen LogP contribution in [0.25, 0.3) is 0 Å². The number of hydrogen-bond donors (Lipinski definition) is 1. The van der Waals surface area contributed by atoms with E-state index in [0.29, 0.717) is 22.4 Å². The van der Waals surface area contributed by atoms with Crippen LogP contribution >= 0.6 is 0 Å². The van der Waals surface area contributed by atoms with Gasteiger partial charge >= 0.3 is 0 Å². The fourth-order valence-electron chi connectivity index (χ4n) is 4.09. The Kier molecular flexibility index (Phi) is 3.01. The van der Waals surface area contributed by atoms with E-state index in [4.69, 9.17) is 4.55 Å². The second-order valence-electron chi connectivity index (χ2n) is 6.38. The van der Waals surface area contributed by atoms with E-state index in [0.717, 1.165) is 24.2 Å². The summed E-state index contributed by atoms with van der Waals surface area (Å²) in [5.41, 5.74) is 2.01. The standard InChI is InChI=1S/C16H15NO5S/c18-15-13-10-4-5-11(7-10)14(13)16(19)17(15)12-3-1-2-9(6-12)8-23(20,21)22/h1-3,6,10-11H,4-5,7-8H2,(H,20,21,22). The molecule has 4 rings (SSSR count). The van der Waals surface area contributed by atoms with Crippen LogP contribution < -0.4 is 4.90 Å². The molecule has 1 heterocycles. The molecule has 2 bridgehead atoms. The van der Waals surface area contributed by atoms with Crippen molar-refractivity contribution in [3.8, 4) is 0 Å². The lowest BCUT2D eigenvalue weighted by Gasteiger charge is -2.18. The number of hydrogen-bond acceptors (Lipinski definition) is 4. The number of rotatable bonds is 3. The summed E-state index contributed by atoms with van der Waals surface area (Å²) in [6, 6.07) is 6.18. The zero-order valence-electron chi connectivity index (χ0n) is 12.2. The Morgan fingerprint density at radius 1 is 1.09 bits per heavy atom. The van der Waals surface area contributed by atoms with Crippen LogP contribution in [0.3, 0.4) is 0 Å². The Morgan fingerprint density at radius 2 is 1.70 bits per heavy atom. The van der Waals surface area contributed by atoms with Gasteiger partial charge in [-0.3, -0.25) is 14.1 Å². The number of fused-ring (bicyclic) bond motifs is 4. The molecular weight excluding hydrogens is 318 g/mol. The van der Waals surface area contributed by atoms with Crippen molar-refractivity contribution < 1.29 is 22.6 Å². The van der Waals surface area contributed by atoms with Gasteiger partial charge in [0.2, 0.25) is 0 Å². The van der Waals surface area contributed by atoms with Crippen LogP contribution in [0.4, 0.5) is 5.69 Å². The smallest absolute Gasteiger partial charge is 0.269 e. The van der Waals surface area contributed by atoms with Crippen molar-refractivity contribution in [1.29, 1.82) is 0 Å². The fraction of sp³-hybridized carbons (Fsp3) is 0.375. The molecule has 120 valence electrons. The van der Waals surface area contributed by atoms with Crippen LogP contribution in [0.2, 0.25) is 0 Å². The highest BCUT2D eigenvalue weighted by Crippen LogP contribution is 2.52. The molecular formula is C16H15NO5S. The molecule has 1 aromatic carbocycles. The monoisotopic (exact) mass is 333 g/mol. The summed E-state index contributed by atoms with van der Waals surface area (Å²) in [7, 11) is -4.17. The summed E-state index contributed by atoms with van der Waals surface area (Å²) < 4.78 is 31.0. The van der Waals surface area contributed by atoms with Crippen molar-refractivity contribution in [1.82, 2.24) is 0 Å². The van der Waals surface area contributed by atoms with Gasteiger partial charge in [0.05, 0.1) is 5.69 Å². The van der Waals surface area contributed by atoms with Crippen LogP contribution in [0.1, 0.15) is 24.8 Å². The van der Waals surface area contributed by atoms with Gasteiger partial charge in [-0.1, -0.05) is 12.1 Å². The minimum Gasteiger partial charge on any atom is -0.285 e. The minimum absolute atomic E-state index is 0.192. The van der Waals surface area contributed by atoms with Crippen molar-refractivity contribution in [3.05, 3.63) is 41.0 Å². The van der Waals surface area contributed by atoms with E-state index in [1.165, 1.54) is 12.1 Å². The molecule has 1 saturated carbocycles. The van der Waals surface area contributed by atoms with Gasteiger partial charge in [0, 0.05) is 11.1 Å². The van der Waals surface area contributed by atoms with E-state index in [1.807, 2.05) is 0 Å². The minimum atomic E-state index is -4.17. The first-order chi connectivity index (χ1) is 10.8. The highest BCUT2D eigenvalue weighted by molar-refractivity contribution is 7.85. The maximum Gasteiger partial charge on any atom is 0.269 e. The molecule has 2 aliphatic carbocycles. The van der Waals surface area contributed by atoms with Crippen molar-refractivity contribution in [2.75, 3.05) is 4.90 Å². The number of anilines is 1. The molecule has 1 aliphatic heterocycles. The molecule has 6 nitrogen and oxygen atoms in total. The van der Waals surface area contributed by atoms with Gasteiger partial charge in [0.1, 0.15) is 5.75 Å². The SMILES string of the molecule is O=C1C2=C(C(=O)N1c1cccc(CS(=O)(=O)O)c1)C1CCC2C1. The van der Waals surface area contributed by atoms with Crippen LogP contribution in [-0.2, 0) is 25.5 Å². The summed E-state index contributed by atoms with van der Waals surface area (Å²) in [4.78, 5) is 26.5. The molecule has 0 spiro atoms. The maximum atomic E-state index is 12.7. The Hall–Kier alpha value is -1.99. The van der Waals surface area contributed by atoms with E-state index < -0.39 is 15.9 Å². The molecule has 0 saturated heterocycles. The third kappa shape index (κ3) is 2.22. The molecule has 0 radical (unpaired) electrons. The molecule has 7 heteroatoms. The van der Waals surface area contributed by atoms with Crippen LogP contribution in [0.5, 0.6) is 0 Å². The van der Waals surface area contributed by atoms with Gasteiger partial charge in [-0.05, 0) is 48.8 Å². The maximum absolute atomic E-state index is 12.7. The highest BCUT2D eigenvalue weighted by Gasteiger charge is 2.52. The highest BCUT2D eigenvalue weighted by atomic mass is 32.2. The van der Waals surface area contributed by atoms with E-state index in [-0.39, 0.29) is 23.7 Å². The summed E-state index contributed by atoms with van der Waals surface area (Å²) in [5, 5.41) is 0. The Morgan fingerprint density at radius 3 is 2.26 bits per heavy atom. The Bertz CT molecular complexity index is 838. The Balaban J connectivity index is 1.69. The average molecular weight is 333 g/mol. The first-order valence-corrected chi connectivity index (χ1v) is 9.13. The van der Waals surface area contributed by atoms with Crippen molar-refractivity contribution in [2.24, 2.45) is 11.8 Å². The summed E-state index contributed by atoms with van der Waals surface area (Å²) in [5.74, 6) is -0.715. The molecule has 1 fully saturated rings. The lowest BCUT2D eigenvalue weighted by molar-refractivity contribution is -0.121. The molecule has 0 aromatic heterocycles. The number of amides is 2. The van der Waals surface area contributed by atoms with Gasteiger partial charge in [0.15, 0.2) is 0 Å². The lowest BCUT2D eigenvalue weighted by Crippen LogP contribution is -2.33. The van der Waals surface area contributed by atoms with Crippen LogP contribution in [-0.4, -0.2) is 24.8 Å². The summed E-state index contributed by atoms with van der Waals surface area (Å²) in [6.07, 6.45) is 2.82. The van der Waals surface area contributed by atoms with Crippen LogP contribution in [0.15, 0.2) is 35.4 Å². The first-order valence-electron chi connectivity index (χ1n) is 7.52. The van der Waals surface area contributed by atoms with Gasteiger partial charge in [-0.2, -0.15) is 8.42 Å². The topological polar surface area (TPSA) is 91.8 Å². The largest absolute Gasteiger partial charge is 0.285 e. The van der Waals surface area contributed by atoms with E-state index >= 15 is 0 Å². The van der Waals surface area contributed by atoms with E-state index in [1.54, 1.807) is 12.1 Å². The fourth-order valence-corrected chi connectivity index (χ4v) is 4.69. The van der Waals surface area contributed by atoms with E-state index in [9.17, 15) is 18.0 Å². The number of benzene rings is 1. The lowest BCUT2D eigenvalue weighted by atomic mass is 9.93. The predicted molar refractivity (Wildman–Crippen MR) is 82.0 cm³/mol. The van der Waals surface area contributed by atoms with E-state index in [2.05, 4.69) is 0 Å². The van der Waals surface area contributed by atoms with Gasteiger partial charge in [-0.25, -0.2) is 4.90 Å². The summed E-state index contributed by atoms with van der Waals surface area (Å²) in [6.45, 7) is 0. The molecule has 2 unspecified atom stereocenters. The van der Waals surface area contributed by atoms with Crippen molar-refractivity contribution in [2.45, 2.75) is 25.0 Å². The molecule has 3 aliphatic rings. The summed E-state index contributed by atoms with van der Waals surface area (Å²) >= 11 is 0. The van der Waals surface area contributed by atoms with Gasteiger partial charge in [-0.15, -0.1) is 0 Å². The molecule has 2 atom stereocenters.